The number of rotatable bonds is 4. The fraction of sp³-hybridized carbons (Fsp3) is 0.250. The number of pyridine rings is 1. The molecule has 1 unspecified atom stereocenters. The summed E-state index contributed by atoms with van der Waals surface area (Å²) in [6.45, 7) is 0. The number of aromatic nitrogens is 3. The highest BCUT2D eigenvalue weighted by Gasteiger charge is 2.10. The molecule has 0 saturated heterocycles. The predicted octanol–water partition coefficient (Wildman–Crippen LogP) is 1.12. The molecule has 0 radical (unpaired) electrons. The highest BCUT2D eigenvalue weighted by atomic mass is 16.5. The molecule has 17 heavy (non-hydrogen) atoms. The second-order valence-electron chi connectivity index (χ2n) is 3.66. The summed E-state index contributed by atoms with van der Waals surface area (Å²) < 4.78 is 5.04. The van der Waals surface area contributed by atoms with Gasteiger partial charge in [-0.15, -0.1) is 0 Å². The quantitative estimate of drug-likeness (QED) is 0.852. The third-order valence-electron chi connectivity index (χ3n) is 2.43. The summed E-state index contributed by atoms with van der Waals surface area (Å²) >= 11 is 0. The van der Waals surface area contributed by atoms with Gasteiger partial charge in [-0.3, -0.25) is 4.98 Å². The van der Waals surface area contributed by atoms with Gasteiger partial charge in [-0.2, -0.15) is 0 Å². The minimum atomic E-state index is -0.184. The van der Waals surface area contributed by atoms with Crippen molar-refractivity contribution in [3.05, 3.63) is 48.2 Å². The normalized spacial score (nSPS) is 12.1. The molecule has 88 valence electrons. The zero-order valence-electron chi connectivity index (χ0n) is 9.58. The van der Waals surface area contributed by atoms with E-state index in [1.165, 1.54) is 6.33 Å². The Morgan fingerprint density at radius 3 is 3.00 bits per heavy atom. The van der Waals surface area contributed by atoms with Crippen molar-refractivity contribution in [1.29, 1.82) is 0 Å². The van der Waals surface area contributed by atoms with Gasteiger partial charge < -0.3 is 10.5 Å². The lowest BCUT2D eigenvalue weighted by Crippen LogP contribution is -2.15. The van der Waals surface area contributed by atoms with Crippen LogP contribution in [0.4, 0.5) is 0 Å². The largest absolute Gasteiger partial charge is 0.481 e. The van der Waals surface area contributed by atoms with E-state index in [0.29, 0.717) is 12.3 Å². The number of nitrogens with two attached hydrogens (primary N) is 1. The molecule has 2 aromatic heterocycles. The molecule has 0 saturated carbocycles. The zero-order valence-corrected chi connectivity index (χ0v) is 9.58. The number of hydrogen-bond donors (Lipinski definition) is 1. The standard InChI is InChI=1S/C12H14N4O/c1-17-12-6-11(15-8-16-12)10(13)5-9-3-2-4-14-7-9/h2-4,6-8,10H,5,13H2,1H3. The summed E-state index contributed by atoms with van der Waals surface area (Å²) in [6.07, 6.45) is 5.69. The zero-order chi connectivity index (χ0) is 12.1. The number of nitrogens with zero attached hydrogens (tertiary/aromatic N) is 3. The van der Waals surface area contributed by atoms with Gasteiger partial charge in [0.25, 0.3) is 0 Å². The van der Waals surface area contributed by atoms with Crippen molar-refractivity contribution in [3.63, 3.8) is 0 Å². The first kappa shape index (κ1) is 11.5. The molecule has 0 bridgehead atoms. The van der Waals surface area contributed by atoms with Crippen LogP contribution in [0.15, 0.2) is 36.9 Å². The summed E-state index contributed by atoms with van der Waals surface area (Å²) in [4.78, 5) is 12.1. The van der Waals surface area contributed by atoms with E-state index in [0.717, 1.165) is 11.3 Å². The van der Waals surface area contributed by atoms with Crippen LogP contribution in [0.25, 0.3) is 0 Å². The molecule has 1 atom stereocenters. The SMILES string of the molecule is COc1cc(C(N)Cc2cccnc2)ncn1. The summed E-state index contributed by atoms with van der Waals surface area (Å²) in [5.41, 5.74) is 7.92. The van der Waals surface area contributed by atoms with E-state index < -0.39 is 0 Å². The maximum absolute atomic E-state index is 6.08. The molecule has 0 aliphatic carbocycles. The van der Waals surface area contributed by atoms with E-state index >= 15 is 0 Å². The van der Waals surface area contributed by atoms with E-state index in [2.05, 4.69) is 15.0 Å². The van der Waals surface area contributed by atoms with Crippen LogP contribution in [0.1, 0.15) is 17.3 Å². The Balaban J connectivity index is 2.11. The Labute approximate surface area is 99.7 Å². The van der Waals surface area contributed by atoms with Gasteiger partial charge in [0, 0.05) is 18.5 Å². The molecule has 0 amide bonds. The minimum absolute atomic E-state index is 0.184. The first-order valence-corrected chi connectivity index (χ1v) is 5.30. The first-order valence-electron chi connectivity index (χ1n) is 5.30. The van der Waals surface area contributed by atoms with E-state index in [1.807, 2.05) is 12.1 Å². The number of hydrogen-bond acceptors (Lipinski definition) is 5. The van der Waals surface area contributed by atoms with Crippen LogP contribution in [-0.2, 0) is 6.42 Å². The van der Waals surface area contributed by atoms with Crippen molar-refractivity contribution in [1.82, 2.24) is 15.0 Å². The van der Waals surface area contributed by atoms with Crippen molar-refractivity contribution in [2.75, 3.05) is 7.11 Å². The van der Waals surface area contributed by atoms with Crippen LogP contribution in [0.3, 0.4) is 0 Å². The molecule has 0 fully saturated rings. The van der Waals surface area contributed by atoms with Gasteiger partial charge >= 0.3 is 0 Å². The maximum Gasteiger partial charge on any atom is 0.216 e. The van der Waals surface area contributed by atoms with Gasteiger partial charge in [-0.1, -0.05) is 6.07 Å². The second kappa shape index (κ2) is 5.36. The summed E-state index contributed by atoms with van der Waals surface area (Å²) in [6, 6.07) is 5.45. The fourth-order valence-electron chi connectivity index (χ4n) is 1.55. The lowest BCUT2D eigenvalue weighted by molar-refractivity contribution is 0.395. The summed E-state index contributed by atoms with van der Waals surface area (Å²) in [5, 5.41) is 0. The highest BCUT2D eigenvalue weighted by molar-refractivity contribution is 5.19. The minimum Gasteiger partial charge on any atom is -0.481 e. The molecule has 0 aliphatic heterocycles. The Bertz CT molecular complexity index is 475. The molecule has 2 heterocycles. The molecule has 5 nitrogen and oxygen atoms in total. The van der Waals surface area contributed by atoms with Crippen molar-refractivity contribution < 1.29 is 4.74 Å². The van der Waals surface area contributed by atoms with Crippen LogP contribution in [0, 0.1) is 0 Å². The van der Waals surface area contributed by atoms with Gasteiger partial charge in [0.05, 0.1) is 18.8 Å². The van der Waals surface area contributed by atoms with Gasteiger partial charge in [-0.05, 0) is 18.1 Å². The molecule has 0 aromatic carbocycles. The molecular formula is C12H14N4O. The van der Waals surface area contributed by atoms with Crippen LogP contribution in [0.5, 0.6) is 5.88 Å². The molecule has 2 aromatic rings. The smallest absolute Gasteiger partial charge is 0.216 e. The predicted molar refractivity (Wildman–Crippen MR) is 63.5 cm³/mol. The third kappa shape index (κ3) is 2.98. The maximum atomic E-state index is 6.08. The van der Waals surface area contributed by atoms with E-state index in [1.54, 1.807) is 25.6 Å². The Morgan fingerprint density at radius 1 is 1.41 bits per heavy atom. The fourth-order valence-corrected chi connectivity index (χ4v) is 1.55. The second-order valence-corrected chi connectivity index (χ2v) is 3.66. The average molecular weight is 230 g/mol. The van der Waals surface area contributed by atoms with Crippen LogP contribution >= 0.6 is 0 Å². The molecule has 5 heteroatoms. The van der Waals surface area contributed by atoms with Crippen molar-refractivity contribution >= 4 is 0 Å². The Hall–Kier alpha value is -2.01. The van der Waals surface area contributed by atoms with Gasteiger partial charge in [-0.25, -0.2) is 9.97 Å². The average Bonchev–Trinajstić information content (AvgIpc) is 2.40. The third-order valence-corrected chi connectivity index (χ3v) is 2.43. The van der Waals surface area contributed by atoms with E-state index in [9.17, 15) is 0 Å². The van der Waals surface area contributed by atoms with Crippen LogP contribution in [0.2, 0.25) is 0 Å². The number of methoxy groups -OCH3 is 1. The molecule has 0 spiro atoms. The highest BCUT2D eigenvalue weighted by Crippen LogP contribution is 2.16. The van der Waals surface area contributed by atoms with E-state index in [4.69, 9.17) is 10.5 Å². The molecule has 2 rings (SSSR count). The Morgan fingerprint density at radius 2 is 2.29 bits per heavy atom. The summed E-state index contributed by atoms with van der Waals surface area (Å²) in [5.74, 6) is 0.525. The van der Waals surface area contributed by atoms with Gasteiger partial charge in [0.1, 0.15) is 6.33 Å². The summed E-state index contributed by atoms with van der Waals surface area (Å²) in [7, 11) is 1.57. The lowest BCUT2D eigenvalue weighted by Gasteiger charge is -2.11. The van der Waals surface area contributed by atoms with Gasteiger partial charge in [0.15, 0.2) is 0 Å². The van der Waals surface area contributed by atoms with Gasteiger partial charge in [0.2, 0.25) is 5.88 Å². The lowest BCUT2D eigenvalue weighted by atomic mass is 10.1. The van der Waals surface area contributed by atoms with Crippen molar-refractivity contribution in [2.45, 2.75) is 12.5 Å². The van der Waals surface area contributed by atoms with Crippen LogP contribution < -0.4 is 10.5 Å². The topological polar surface area (TPSA) is 73.9 Å². The van der Waals surface area contributed by atoms with Crippen molar-refractivity contribution in [2.24, 2.45) is 5.73 Å². The van der Waals surface area contributed by atoms with Crippen LogP contribution in [-0.4, -0.2) is 22.1 Å². The van der Waals surface area contributed by atoms with Crippen molar-refractivity contribution in [3.8, 4) is 5.88 Å². The first-order chi connectivity index (χ1) is 8.29. The Kier molecular flexibility index (Phi) is 3.62. The molecule has 0 aliphatic rings. The molecular weight excluding hydrogens is 216 g/mol. The van der Waals surface area contributed by atoms with E-state index in [-0.39, 0.29) is 6.04 Å². The number of ether oxygens (including phenoxy) is 1. The monoisotopic (exact) mass is 230 g/mol. The molecule has 2 N–H and O–H groups in total.